The first-order chi connectivity index (χ1) is 8.58. The molecule has 2 nitrogen and oxygen atoms in total. The Bertz CT molecular complexity index is 554. The molecule has 0 spiro atoms. The Morgan fingerprint density at radius 2 is 2.06 bits per heavy atom. The molecule has 2 aromatic rings. The van der Waals surface area contributed by atoms with Crippen LogP contribution in [0.4, 0.5) is 0 Å². The van der Waals surface area contributed by atoms with Gasteiger partial charge in [-0.3, -0.25) is 4.98 Å². The molecule has 2 rings (SSSR count). The molecule has 0 fully saturated rings. The van der Waals surface area contributed by atoms with Gasteiger partial charge in [-0.25, -0.2) is 0 Å². The van der Waals surface area contributed by atoms with E-state index >= 15 is 0 Å². The Hall–Kier alpha value is -1.38. The molecule has 0 aliphatic rings. The van der Waals surface area contributed by atoms with Gasteiger partial charge in [-0.05, 0) is 31.0 Å². The van der Waals surface area contributed by atoms with Crippen molar-refractivity contribution >= 4 is 11.6 Å². The van der Waals surface area contributed by atoms with E-state index in [4.69, 9.17) is 11.6 Å². The predicted octanol–water partition coefficient (Wildman–Crippen LogP) is 3.63. The number of hydrogen-bond acceptors (Lipinski definition) is 2. The number of aliphatic hydroxyl groups excluding tert-OH is 1. The first-order valence-corrected chi connectivity index (χ1v) is 6.29. The lowest BCUT2D eigenvalue weighted by Crippen LogP contribution is -2.04. The Labute approximate surface area is 112 Å². The summed E-state index contributed by atoms with van der Waals surface area (Å²) in [5.41, 5.74) is 4.26. The normalized spacial score (nSPS) is 12.4. The number of aliphatic hydroxyl groups is 1. The third-order valence-electron chi connectivity index (χ3n) is 3.08. The molecule has 0 saturated carbocycles. The van der Waals surface area contributed by atoms with Gasteiger partial charge in [0.2, 0.25) is 0 Å². The summed E-state index contributed by atoms with van der Waals surface area (Å²) in [6.07, 6.45) is 3.18. The van der Waals surface area contributed by atoms with Gasteiger partial charge in [0, 0.05) is 24.4 Å². The lowest BCUT2D eigenvalue weighted by Gasteiger charge is -2.14. The number of nitrogens with zero attached hydrogens (tertiary/aromatic N) is 1. The van der Waals surface area contributed by atoms with E-state index in [1.54, 1.807) is 18.5 Å². The monoisotopic (exact) mass is 261 g/mol. The minimum atomic E-state index is -0.596. The molecular formula is C15H16ClNO. The first-order valence-electron chi connectivity index (χ1n) is 5.91. The third kappa shape index (κ3) is 2.89. The number of aryl methyl sites for hydroxylation is 2. The highest BCUT2D eigenvalue weighted by Gasteiger charge is 2.13. The fourth-order valence-electron chi connectivity index (χ4n) is 1.99. The van der Waals surface area contributed by atoms with Crippen molar-refractivity contribution in [3.63, 3.8) is 0 Å². The van der Waals surface area contributed by atoms with Gasteiger partial charge in [-0.2, -0.15) is 0 Å². The Morgan fingerprint density at radius 3 is 2.78 bits per heavy atom. The van der Waals surface area contributed by atoms with E-state index in [1.165, 1.54) is 11.1 Å². The summed E-state index contributed by atoms with van der Waals surface area (Å²) in [5, 5.41) is 10.8. The molecule has 1 heterocycles. The number of aromatic nitrogens is 1. The summed E-state index contributed by atoms with van der Waals surface area (Å²) < 4.78 is 0. The Morgan fingerprint density at radius 1 is 1.28 bits per heavy atom. The molecule has 0 saturated heterocycles. The van der Waals surface area contributed by atoms with E-state index in [1.807, 2.05) is 0 Å². The minimum absolute atomic E-state index is 0.510. The van der Waals surface area contributed by atoms with Crippen LogP contribution in [-0.4, -0.2) is 10.1 Å². The summed E-state index contributed by atoms with van der Waals surface area (Å²) in [6, 6.07) is 8.02. The second kappa shape index (κ2) is 5.51. The quantitative estimate of drug-likeness (QED) is 0.915. The van der Waals surface area contributed by atoms with Crippen LogP contribution in [0.15, 0.2) is 36.7 Å². The zero-order chi connectivity index (χ0) is 13.1. The highest BCUT2D eigenvalue weighted by Crippen LogP contribution is 2.26. The summed E-state index contributed by atoms with van der Waals surface area (Å²) in [7, 11) is 0. The van der Waals surface area contributed by atoms with E-state index in [9.17, 15) is 5.11 Å². The van der Waals surface area contributed by atoms with Crippen molar-refractivity contribution in [2.24, 2.45) is 0 Å². The summed E-state index contributed by atoms with van der Waals surface area (Å²) in [5.74, 6) is 0. The van der Waals surface area contributed by atoms with Gasteiger partial charge in [-0.1, -0.05) is 35.4 Å². The van der Waals surface area contributed by atoms with E-state index in [2.05, 4.69) is 37.0 Å². The zero-order valence-corrected chi connectivity index (χ0v) is 11.3. The van der Waals surface area contributed by atoms with E-state index < -0.39 is 6.10 Å². The molecule has 0 amide bonds. The summed E-state index contributed by atoms with van der Waals surface area (Å²) >= 11 is 6.03. The largest absolute Gasteiger partial charge is 0.388 e. The molecule has 1 aromatic carbocycles. The maximum Gasteiger partial charge on any atom is 0.0845 e. The van der Waals surface area contributed by atoms with Crippen molar-refractivity contribution < 1.29 is 5.11 Å². The average Bonchev–Trinajstić information content (AvgIpc) is 2.34. The first kappa shape index (κ1) is 13.1. The number of rotatable bonds is 3. The SMILES string of the molecule is Cc1ccc(C)c(CC(O)c2ccncc2Cl)c1. The molecule has 18 heavy (non-hydrogen) atoms. The average molecular weight is 262 g/mol. The van der Waals surface area contributed by atoms with Gasteiger partial charge in [0.15, 0.2) is 0 Å². The van der Waals surface area contributed by atoms with E-state index in [-0.39, 0.29) is 0 Å². The smallest absolute Gasteiger partial charge is 0.0845 e. The van der Waals surface area contributed by atoms with Gasteiger partial charge >= 0.3 is 0 Å². The second-order valence-corrected chi connectivity index (χ2v) is 4.95. The molecule has 94 valence electrons. The van der Waals surface area contributed by atoms with Crippen molar-refractivity contribution in [1.82, 2.24) is 4.98 Å². The highest BCUT2D eigenvalue weighted by molar-refractivity contribution is 6.31. The molecule has 0 bridgehead atoms. The van der Waals surface area contributed by atoms with Crippen LogP contribution in [0.3, 0.4) is 0 Å². The van der Waals surface area contributed by atoms with Crippen LogP contribution >= 0.6 is 11.6 Å². The third-order valence-corrected chi connectivity index (χ3v) is 3.40. The second-order valence-electron chi connectivity index (χ2n) is 4.55. The number of pyridine rings is 1. The van der Waals surface area contributed by atoms with Crippen LogP contribution in [0, 0.1) is 13.8 Å². The molecule has 1 aromatic heterocycles. The number of hydrogen-bond donors (Lipinski definition) is 1. The van der Waals surface area contributed by atoms with Crippen LogP contribution in [0.5, 0.6) is 0 Å². The maximum atomic E-state index is 10.3. The summed E-state index contributed by atoms with van der Waals surface area (Å²) in [6.45, 7) is 4.10. The van der Waals surface area contributed by atoms with Crippen molar-refractivity contribution in [3.05, 3.63) is 63.9 Å². The lowest BCUT2D eigenvalue weighted by molar-refractivity contribution is 0.178. The topological polar surface area (TPSA) is 33.1 Å². The van der Waals surface area contributed by atoms with Crippen molar-refractivity contribution in [3.8, 4) is 0 Å². The van der Waals surface area contributed by atoms with Gasteiger partial charge in [0.25, 0.3) is 0 Å². The number of benzene rings is 1. The van der Waals surface area contributed by atoms with Gasteiger partial charge < -0.3 is 5.11 Å². The van der Waals surface area contributed by atoms with Crippen molar-refractivity contribution in [2.75, 3.05) is 0 Å². The summed E-state index contributed by atoms with van der Waals surface area (Å²) in [4.78, 5) is 3.92. The lowest BCUT2D eigenvalue weighted by atomic mass is 9.97. The Balaban J connectivity index is 2.24. The van der Waals surface area contributed by atoms with Crippen LogP contribution in [0.1, 0.15) is 28.4 Å². The van der Waals surface area contributed by atoms with E-state index in [0.717, 1.165) is 11.1 Å². The molecule has 0 aliphatic heterocycles. The van der Waals surface area contributed by atoms with Crippen LogP contribution in [-0.2, 0) is 6.42 Å². The van der Waals surface area contributed by atoms with Crippen LogP contribution in [0.2, 0.25) is 5.02 Å². The fourth-order valence-corrected chi connectivity index (χ4v) is 2.24. The number of halogens is 1. The molecule has 0 radical (unpaired) electrons. The van der Waals surface area contributed by atoms with Crippen molar-refractivity contribution in [2.45, 2.75) is 26.4 Å². The molecule has 1 atom stereocenters. The molecule has 1 unspecified atom stereocenters. The van der Waals surface area contributed by atoms with E-state index in [0.29, 0.717) is 11.4 Å². The fraction of sp³-hybridized carbons (Fsp3) is 0.267. The molecular weight excluding hydrogens is 246 g/mol. The van der Waals surface area contributed by atoms with Gasteiger partial charge in [0.05, 0.1) is 11.1 Å². The molecule has 1 N–H and O–H groups in total. The van der Waals surface area contributed by atoms with Crippen molar-refractivity contribution in [1.29, 1.82) is 0 Å². The zero-order valence-electron chi connectivity index (χ0n) is 10.5. The minimum Gasteiger partial charge on any atom is -0.388 e. The van der Waals surface area contributed by atoms with Crippen LogP contribution in [0.25, 0.3) is 0 Å². The molecule has 3 heteroatoms. The highest BCUT2D eigenvalue weighted by atomic mass is 35.5. The Kier molecular flexibility index (Phi) is 4.00. The predicted molar refractivity (Wildman–Crippen MR) is 73.8 cm³/mol. The van der Waals surface area contributed by atoms with Crippen LogP contribution < -0.4 is 0 Å². The standard InChI is InChI=1S/C15H16ClNO/c1-10-3-4-11(2)12(7-10)8-15(18)13-5-6-17-9-14(13)16/h3-7,9,15,18H,8H2,1-2H3. The molecule has 0 aliphatic carbocycles. The maximum absolute atomic E-state index is 10.3. The van der Waals surface area contributed by atoms with Gasteiger partial charge in [-0.15, -0.1) is 0 Å². The van der Waals surface area contributed by atoms with Gasteiger partial charge in [0.1, 0.15) is 0 Å².